The molecule has 0 saturated carbocycles. The average Bonchev–Trinajstić information content (AvgIpc) is 2.70. The molecule has 0 bridgehead atoms. The highest BCUT2D eigenvalue weighted by atomic mass is 32.2. The van der Waals surface area contributed by atoms with Gasteiger partial charge in [0.2, 0.25) is 0 Å². The topological polar surface area (TPSA) is 42.6 Å². The average molecular weight is 229 g/mol. The lowest BCUT2D eigenvalue weighted by Gasteiger charge is -1.96. The third-order valence-corrected chi connectivity index (χ3v) is 3.10. The van der Waals surface area contributed by atoms with Gasteiger partial charge in [0, 0.05) is 12.3 Å². The van der Waals surface area contributed by atoms with Gasteiger partial charge < -0.3 is 4.42 Å². The van der Waals surface area contributed by atoms with Gasteiger partial charge in [-0.15, -0.1) is 0 Å². The summed E-state index contributed by atoms with van der Waals surface area (Å²) < 4.78 is 16.5. The molecule has 76 valence electrons. The zero-order valence-electron chi connectivity index (χ0n) is 7.64. The molecule has 3 nitrogen and oxygen atoms in total. The molecule has 1 rings (SSSR count). The van der Waals surface area contributed by atoms with E-state index in [-0.39, 0.29) is 0 Å². The fourth-order valence-electron chi connectivity index (χ4n) is 0.963. The van der Waals surface area contributed by atoms with E-state index in [1.54, 1.807) is 12.1 Å². The molecule has 0 aliphatic rings. The molecule has 5 heteroatoms. The second-order valence-electron chi connectivity index (χ2n) is 2.66. The minimum absolute atomic E-state index is 0.545. The minimum Gasteiger partial charge on any atom is -0.456 e. The predicted molar refractivity (Wildman–Crippen MR) is 59.1 cm³/mol. The van der Waals surface area contributed by atoms with Gasteiger partial charge in [-0.1, -0.05) is 0 Å². The van der Waals surface area contributed by atoms with Crippen LogP contribution in [0.15, 0.2) is 32.9 Å². The van der Waals surface area contributed by atoms with Gasteiger partial charge in [0.1, 0.15) is 0 Å². The van der Waals surface area contributed by atoms with E-state index in [1.165, 1.54) is 6.26 Å². The van der Waals surface area contributed by atoms with Gasteiger partial charge in [-0.2, -0.15) is 0 Å². The summed E-state index contributed by atoms with van der Waals surface area (Å²) in [7, 11) is -1.01. The van der Waals surface area contributed by atoms with Crippen LogP contribution in [0.2, 0.25) is 0 Å². The van der Waals surface area contributed by atoms with Crippen molar-refractivity contribution in [3.05, 3.63) is 18.4 Å². The first-order valence-corrected chi connectivity index (χ1v) is 6.03. The zero-order chi connectivity index (χ0) is 10.2. The molecule has 0 aliphatic carbocycles. The highest BCUT2D eigenvalue weighted by molar-refractivity contribution is 7.84. The Morgan fingerprint density at radius 3 is 3.07 bits per heavy atom. The highest BCUT2D eigenvalue weighted by Crippen LogP contribution is 2.08. The van der Waals surface area contributed by atoms with Crippen molar-refractivity contribution in [3.8, 4) is 0 Å². The molecule has 1 heterocycles. The number of hydrogen-bond donors (Lipinski definition) is 0. The van der Waals surface area contributed by atoms with E-state index in [1.807, 2.05) is 0 Å². The van der Waals surface area contributed by atoms with Crippen LogP contribution in [-0.2, 0) is 10.8 Å². The molecule has 0 fully saturated rings. The van der Waals surface area contributed by atoms with Crippen molar-refractivity contribution >= 4 is 28.2 Å². The molecular weight excluding hydrogens is 218 g/mol. The van der Waals surface area contributed by atoms with Crippen LogP contribution >= 0.6 is 12.2 Å². The van der Waals surface area contributed by atoms with Crippen molar-refractivity contribution in [1.29, 1.82) is 0 Å². The number of isothiocyanates is 1. The summed E-state index contributed by atoms with van der Waals surface area (Å²) >= 11 is 4.43. The largest absolute Gasteiger partial charge is 0.456 e. The molecule has 1 aromatic rings. The Morgan fingerprint density at radius 2 is 2.43 bits per heavy atom. The summed E-state index contributed by atoms with van der Waals surface area (Å²) in [5.41, 5.74) is 0. The first kappa shape index (κ1) is 11.3. The maximum atomic E-state index is 11.5. The van der Waals surface area contributed by atoms with Gasteiger partial charge in [0.25, 0.3) is 0 Å². The second kappa shape index (κ2) is 6.65. The number of hydrogen-bond acceptors (Lipinski definition) is 4. The smallest absolute Gasteiger partial charge is 0.190 e. The number of unbranched alkanes of at least 4 members (excludes halogenated alkanes) is 1. The fraction of sp³-hybridized carbons (Fsp3) is 0.444. The molecule has 1 aromatic heterocycles. The summed E-state index contributed by atoms with van der Waals surface area (Å²) in [6.45, 7) is 0.666. The number of rotatable bonds is 6. The Kier molecular flexibility index (Phi) is 5.37. The van der Waals surface area contributed by atoms with Crippen molar-refractivity contribution in [2.75, 3.05) is 12.3 Å². The number of nitrogens with zero attached hydrogens (tertiary/aromatic N) is 1. The SMILES string of the molecule is O=S(CCCCN=C=S)c1ccco1. The molecule has 0 spiro atoms. The van der Waals surface area contributed by atoms with Crippen LogP contribution in [-0.4, -0.2) is 21.7 Å². The quantitative estimate of drug-likeness (QED) is 0.427. The Hall–Kier alpha value is -0.770. The number of aliphatic imine (C=N–C) groups is 1. The maximum absolute atomic E-state index is 11.5. The third-order valence-electron chi connectivity index (χ3n) is 1.63. The molecule has 0 radical (unpaired) electrons. The molecule has 1 unspecified atom stereocenters. The Balaban J connectivity index is 2.19. The molecular formula is C9H11NO2S2. The Labute approximate surface area is 90.7 Å². The van der Waals surface area contributed by atoms with E-state index in [0.29, 0.717) is 17.4 Å². The van der Waals surface area contributed by atoms with Crippen LogP contribution in [0.4, 0.5) is 0 Å². The van der Waals surface area contributed by atoms with Crippen molar-refractivity contribution in [3.63, 3.8) is 0 Å². The van der Waals surface area contributed by atoms with Crippen molar-refractivity contribution in [2.45, 2.75) is 17.9 Å². The third kappa shape index (κ3) is 3.96. The van der Waals surface area contributed by atoms with Crippen LogP contribution in [0.5, 0.6) is 0 Å². The molecule has 0 amide bonds. The van der Waals surface area contributed by atoms with Gasteiger partial charge >= 0.3 is 0 Å². The zero-order valence-corrected chi connectivity index (χ0v) is 9.27. The van der Waals surface area contributed by atoms with E-state index < -0.39 is 10.8 Å². The summed E-state index contributed by atoms with van der Waals surface area (Å²) in [6.07, 6.45) is 3.27. The molecule has 14 heavy (non-hydrogen) atoms. The van der Waals surface area contributed by atoms with Crippen LogP contribution in [0.1, 0.15) is 12.8 Å². The highest BCUT2D eigenvalue weighted by Gasteiger charge is 2.04. The second-order valence-corrected chi connectivity index (χ2v) is 4.35. The Morgan fingerprint density at radius 1 is 1.57 bits per heavy atom. The molecule has 0 N–H and O–H groups in total. The van der Waals surface area contributed by atoms with Crippen LogP contribution in [0, 0.1) is 0 Å². The first-order valence-electron chi connectivity index (χ1n) is 4.30. The van der Waals surface area contributed by atoms with Gasteiger partial charge in [-0.25, -0.2) is 4.99 Å². The monoisotopic (exact) mass is 229 g/mol. The predicted octanol–water partition coefficient (Wildman–Crippen LogP) is 2.27. The lowest BCUT2D eigenvalue weighted by molar-refractivity contribution is 0.465. The van der Waals surface area contributed by atoms with Crippen LogP contribution in [0.3, 0.4) is 0 Å². The normalized spacial score (nSPS) is 12.0. The molecule has 0 aliphatic heterocycles. The molecule has 1 atom stereocenters. The van der Waals surface area contributed by atoms with Crippen LogP contribution < -0.4 is 0 Å². The first-order chi connectivity index (χ1) is 6.84. The van der Waals surface area contributed by atoms with E-state index in [0.717, 1.165) is 12.8 Å². The van der Waals surface area contributed by atoms with Crippen molar-refractivity contribution in [1.82, 2.24) is 0 Å². The van der Waals surface area contributed by atoms with Gasteiger partial charge in [0.15, 0.2) is 5.09 Å². The van der Waals surface area contributed by atoms with Gasteiger partial charge in [-0.05, 0) is 37.2 Å². The van der Waals surface area contributed by atoms with Crippen molar-refractivity contribution in [2.24, 2.45) is 4.99 Å². The summed E-state index contributed by atoms with van der Waals surface area (Å²) in [5, 5.41) is 2.84. The van der Waals surface area contributed by atoms with E-state index in [2.05, 4.69) is 22.4 Å². The van der Waals surface area contributed by atoms with Gasteiger partial charge in [-0.3, -0.25) is 4.21 Å². The van der Waals surface area contributed by atoms with E-state index >= 15 is 0 Å². The summed E-state index contributed by atoms with van der Waals surface area (Å²) in [5.74, 6) is 0.612. The standard InChI is InChI=1S/C9H11NO2S2/c11-14(9-4-3-6-12-9)7-2-1-5-10-8-13/h3-4,6H,1-2,5,7H2. The van der Waals surface area contributed by atoms with E-state index in [4.69, 9.17) is 4.42 Å². The maximum Gasteiger partial charge on any atom is 0.190 e. The lowest BCUT2D eigenvalue weighted by atomic mass is 10.3. The van der Waals surface area contributed by atoms with E-state index in [9.17, 15) is 4.21 Å². The Bertz CT molecular complexity index is 329. The molecule has 0 aromatic carbocycles. The molecule has 0 saturated heterocycles. The summed E-state index contributed by atoms with van der Waals surface area (Å²) in [4.78, 5) is 3.77. The lowest BCUT2D eigenvalue weighted by Crippen LogP contribution is -1.97. The van der Waals surface area contributed by atoms with Crippen LogP contribution in [0.25, 0.3) is 0 Å². The van der Waals surface area contributed by atoms with Gasteiger partial charge in [0.05, 0.1) is 22.2 Å². The number of thiocarbonyl (C=S) groups is 1. The minimum atomic E-state index is -1.01. The number of furan rings is 1. The fourth-order valence-corrected chi connectivity index (χ4v) is 2.12. The van der Waals surface area contributed by atoms with Crippen molar-refractivity contribution < 1.29 is 8.63 Å². The summed E-state index contributed by atoms with van der Waals surface area (Å²) in [6, 6.07) is 3.47.